The summed E-state index contributed by atoms with van der Waals surface area (Å²) in [5, 5.41) is 1.43. The molecule has 0 atom stereocenters. The third-order valence-electron chi connectivity index (χ3n) is 3.84. The Labute approximate surface area is 126 Å². The molecular formula is C18H25NS. The van der Waals surface area contributed by atoms with Gasteiger partial charge in [0, 0.05) is 22.7 Å². The highest BCUT2D eigenvalue weighted by Gasteiger charge is 2.16. The molecule has 0 N–H and O–H groups in total. The summed E-state index contributed by atoms with van der Waals surface area (Å²) in [6.07, 6.45) is 1.19. The smallest absolute Gasteiger partial charge is 0.0351 e. The van der Waals surface area contributed by atoms with Crippen molar-refractivity contribution in [2.75, 3.05) is 20.1 Å². The fraction of sp³-hybridized carbons (Fsp3) is 0.444. The van der Waals surface area contributed by atoms with Gasteiger partial charge in [-0.3, -0.25) is 0 Å². The Kier molecular flexibility index (Phi) is 5.00. The SMILES string of the molecule is CC.CC1=C(c2cc3c(C)cccc3s2)CCN(C)C1. The predicted octanol–water partition coefficient (Wildman–Crippen LogP) is 5.34. The Morgan fingerprint density at radius 3 is 2.55 bits per heavy atom. The van der Waals surface area contributed by atoms with Crippen LogP contribution >= 0.6 is 11.3 Å². The van der Waals surface area contributed by atoms with Crippen LogP contribution in [0.5, 0.6) is 0 Å². The van der Waals surface area contributed by atoms with Crippen LogP contribution in [0.15, 0.2) is 29.8 Å². The Bertz CT molecular complexity index is 621. The fourth-order valence-corrected chi connectivity index (χ4v) is 4.07. The highest BCUT2D eigenvalue weighted by atomic mass is 32.1. The van der Waals surface area contributed by atoms with E-state index in [1.54, 1.807) is 5.57 Å². The Morgan fingerprint density at radius 2 is 1.90 bits per heavy atom. The van der Waals surface area contributed by atoms with E-state index in [1.165, 1.54) is 39.1 Å². The van der Waals surface area contributed by atoms with Crippen LogP contribution in [-0.2, 0) is 0 Å². The first-order valence-electron chi connectivity index (χ1n) is 7.52. The van der Waals surface area contributed by atoms with Crippen molar-refractivity contribution in [1.82, 2.24) is 4.90 Å². The first kappa shape index (κ1) is 15.3. The molecule has 1 aliphatic rings. The molecule has 2 heteroatoms. The van der Waals surface area contributed by atoms with Gasteiger partial charge < -0.3 is 4.90 Å². The second kappa shape index (κ2) is 6.55. The number of thiophene rings is 1. The van der Waals surface area contributed by atoms with Crippen molar-refractivity contribution in [2.24, 2.45) is 0 Å². The maximum absolute atomic E-state index is 2.40. The molecule has 1 nitrogen and oxygen atoms in total. The first-order valence-corrected chi connectivity index (χ1v) is 8.33. The summed E-state index contributed by atoms with van der Waals surface area (Å²) >= 11 is 1.95. The topological polar surface area (TPSA) is 3.24 Å². The predicted molar refractivity (Wildman–Crippen MR) is 92.6 cm³/mol. The molecular weight excluding hydrogens is 262 g/mol. The molecule has 0 aliphatic carbocycles. The molecule has 1 aliphatic heterocycles. The lowest BCUT2D eigenvalue weighted by Gasteiger charge is -2.25. The second-order valence-corrected chi connectivity index (χ2v) is 6.43. The van der Waals surface area contributed by atoms with Crippen molar-refractivity contribution in [3.63, 3.8) is 0 Å². The van der Waals surface area contributed by atoms with Crippen molar-refractivity contribution in [1.29, 1.82) is 0 Å². The summed E-state index contributed by atoms with van der Waals surface area (Å²) in [5.74, 6) is 0. The summed E-state index contributed by atoms with van der Waals surface area (Å²) in [5.41, 5.74) is 4.50. The van der Waals surface area contributed by atoms with Crippen LogP contribution < -0.4 is 0 Å². The van der Waals surface area contributed by atoms with Crippen LogP contribution in [0.2, 0.25) is 0 Å². The van der Waals surface area contributed by atoms with Crippen LogP contribution in [0.4, 0.5) is 0 Å². The van der Waals surface area contributed by atoms with Crippen molar-refractivity contribution in [2.45, 2.75) is 34.1 Å². The van der Waals surface area contributed by atoms with Crippen molar-refractivity contribution in [3.05, 3.63) is 40.3 Å². The number of benzene rings is 1. The van der Waals surface area contributed by atoms with Crippen LogP contribution in [0.1, 0.15) is 37.6 Å². The molecule has 108 valence electrons. The highest BCUT2D eigenvalue weighted by Crippen LogP contribution is 2.36. The summed E-state index contributed by atoms with van der Waals surface area (Å²) in [6.45, 7) is 10.8. The van der Waals surface area contributed by atoms with Crippen LogP contribution in [0.25, 0.3) is 15.7 Å². The van der Waals surface area contributed by atoms with Crippen LogP contribution in [0, 0.1) is 6.92 Å². The number of rotatable bonds is 1. The molecule has 0 fully saturated rings. The molecule has 1 aromatic carbocycles. The van der Waals surface area contributed by atoms with E-state index in [4.69, 9.17) is 0 Å². The average molecular weight is 287 g/mol. The van der Waals surface area contributed by atoms with E-state index in [2.05, 4.69) is 50.1 Å². The van der Waals surface area contributed by atoms with Gasteiger partial charge in [-0.05, 0) is 56.0 Å². The molecule has 0 saturated heterocycles. The summed E-state index contributed by atoms with van der Waals surface area (Å²) in [7, 11) is 2.20. The van der Waals surface area contributed by atoms with Crippen molar-refractivity contribution in [3.8, 4) is 0 Å². The minimum absolute atomic E-state index is 1.11. The maximum atomic E-state index is 2.40. The van der Waals surface area contributed by atoms with E-state index >= 15 is 0 Å². The fourth-order valence-electron chi connectivity index (χ4n) is 2.78. The molecule has 0 amide bonds. The van der Waals surface area contributed by atoms with Gasteiger partial charge in [0.15, 0.2) is 0 Å². The molecule has 0 spiro atoms. The molecule has 20 heavy (non-hydrogen) atoms. The molecule has 3 rings (SSSR count). The zero-order valence-electron chi connectivity index (χ0n) is 13.3. The van der Waals surface area contributed by atoms with Crippen LogP contribution in [-0.4, -0.2) is 25.0 Å². The van der Waals surface area contributed by atoms with Gasteiger partial charge in [0.1, 0.15) is 0 Å². The van der Waals surface area contributed by atoms with Gasteiger partial charge in [0.25, 0.3) is 0 Å². The van der Waals surface area contributed by atoms with Gasteiger partial charge in [0.05, 0.1) is 0 Å². The Balaban J connectivity index is 0.000000704. The summed E-state index contributed by atoms with van der Waals surface area (Å²) < 4.78 is 1.42. The normalized spacial score (nSPS) is 16.2. The molecule has 1 aromatic heterocycles. The van der Waals surface area contributed by atoms with E-state index in [9.17, 15) is 0 Å². The third-order valence-corrected chi connectivity index (χ3v) is 5.00. The number of aryl methyl sites for hydroxylation is 1. The monoisotopic (exact) mass is 287 g/mol. The Hall–Kier alpha value is -1.12. The van der Waals surface area contributed by atoms with E-state index in [0.717, 1.165) is 6.54 Å². The molecule has 0 radical (unpaired) electrons. The number of hydrogen-bond acceptors (Lipinski definition) is 2. The van der Waals surface area contributed by atoms with E-state index in [1.807, 2.05) is 25.2 Å². The quantitative estimate of drug-likeness (QED) is 0.684. The van der Waals surface area contributed by atoms with Gasteiger partial charge in [-0.1, -0.05) is 31.6 Å². The molecule has 0 bridgehead atoms. The number of nitrogens with zero attached hydrogens (tertiary/aromatic N) is 1. The largest absolute Gasteiger partial charge is 0.302 e. The lowest BCUT2D eigenvalue weighted by molar-refractivity contribution is 0.360. The number of hydrogen-bond donors (Lipinski definition) is 0. The van der Waals surface area contributed by atoms with Crippen LogP contribution in [0.3, 0.4) is 0 Å². The highest BCUT2D eigenvalue weighted by molar-refractivity contribution is 7.20. The third kappa shape index (κ3) is 2.97. The van der Waals surface area contributed by atoms with E-state index in [-0.39, 0.29) is 0 Å². The van der Waals surface area contributed by atoms with Gasteiger partial charge in [-0.2, -0.15) is 0 Å². The minimum atomic E-state index is 1.11. The standard InChI is InChI=1S/C16H19NS.C2H6/c1-11-5-4-6-15-14(11)9-16(18-15)13-7-8-17(3)10-12(13)2;1-2/h4-6,9H,7-8,10H2,1-3H3;1-2H3. The molecule has 0 saturated carbocycles. The van der Waals surface area contributed by atoms with E-state index in [0.29, 0.717) is 0 Å². The van der Waals surface area contributed by atoms with E-state index < -0.39 is 0 Å². The molecule has 2 heterocycles. The summed E-state index contributed by atoms with van der Waals surface area (Å²) in [6, 6.07) is 8.99. The van der Waals surface area contributed by atoms with Crippen molar-refractivity contribution < 1.29 is 0 Å². The number of fused-ring (bicyclic) bond motifs is 1. The van der Waals surface area contributed by atoms with Crippen molar-refractivity contribution >= 4 is 27.0 Å². The van der Waals surface area contributed by atoms with Gasteiger partial charge in [-0.15, -0.1) is 11.3 Å². The summed E-state index contributed by atoms with van der Waals surface area (Å²) in [4.78, 5) is 3.88. The second-order valence-electron chi connectivity index (χ2n) is 5.34. The van der Waals surface area contributed by atoms with Gasteiger partial charge in [0.2, 0.25) is 0 Å². The number of likely N-dealkylation sites (N-methyl/N-ethyl adjacent to an activating group) is 1. The lowest BCUT2D eigenvalue weighted by atomic mass is 9.99. The zero-order valence-corrected chi connectivity index (χ0v) is 14.1. The lowest BCUT2D eigenvalue weighted by Crippen LogP contribution is -2.26. The molecule has 2 aromatic rings. The first-order chi connectivity index (χ1) is 9.65. The maximum Gasteiger partial charge on any atom is 0.0351 e. The minimum Gasteiger partial charge on any atom is -0.302 e. The Morgan fingerprint density at radius 1 is 1.15 bits per heavy atom. The van der Waals surface area contributed by atoms with Gasteiger partial charge >= 0.3 is 0 Å². The van der Waals surface area contributed by atoms with Gasteiger partial charge in [-0.25, -0.2) is 0 Å². The zero-order chi connectivity index (χ0) is 14.7. The average Bonchev–Trinajstić information content (AvgIpc) is 2.86. The molecule has 0 unspecified atom stereocenters.